The summed E-state index contributed by atoms with van der Waals surface area (Å²) in [6.07, 6.45) is 6.79. The van der Waals surface area contributed by atoms with Crippen molar-refractivity contribution < 1.29 is 0 Å². The van der Waals surface area contributed by atoms with Crippen molar-refractivity contribution in [2.45, 2.75) is 0 Å². The van der Waals surface area contributed by atoms with Gasteiger partial charge in [0.2, 0.25) is 5.69 Å². The molecule has 0 saturated heterocycles. The summed E-state index contributed by atoms with van der Waals surface area (Å²) in [7, 11) is 0. The van der Waals surface area contributed by atoms with Crippen molar-refractivity contribution >= 4 is 38.3 Å². The van der Waals surface area contributed by atoms with E-state index in [1.165, 1.54) is 0 Å². The molecule has 7 aromatic rings. The van der Waals surface area contributed by atoms with E-state index < -0.39 is 0 Å². The van der Waals surface area contributed by atoms with E-state index >= 15 is 0 Å². The third kappa shape index (κ3) is 3.62. The van der Waals surface area contributed by atoms with Crippen LogP contribution in [0.2, 0.25) is 0 Å². The van der Waals surface area contributed by atoms with Crippen molar-refractivity contribution in [3.8, 4) is 34.0 Å². The molecule has 5 nitrogen and oxygen atoms in total. The molecule has 0 amide bonds. The molecule has 4 aromatic carbocycles. The summed E-state index contributed by atoms with van der Waals surface area (Å²) >= 11 is 0. The number of para-hydroxylation sites is 1. The highest BCUT2D eigenvalue weighted by Crippen LogP contribution is 2.42. The zero-order valence-corrected chi connectivity index (χ0v) is 20.7. The first-order valence-corrected chi connectivity index (χ1v) is 12.5. The first-order valence-electron chi connectivity index (χ1n) is 12.5. The number of nitriles is 1. The summed E-state index contributed by atoms with van der Waals surface area (Å²) in [6.45, 7) is 7.49. The summed E-state index contributed by atoms with van der Waals surface area (Å²) in [6, 6.07) is 33.4. The van der Waals surface area contributed by atoms with Gasteiger partial charge in [0, 0.05) is 46.8 Å². The Kier molecular flexibility index (Phi) is 5.15. The summed E-state index contributed by atoms with van der Waals surface area (Å²) in [4.78, 5) is 12.2. The lowest BCUT2D eigenvalue weighted by atomic mass is 9.95. The van der Waals surface area contributed by atoms with Gasteiger partial charge in [-0.1, -0.05) is 54.6 Å². The zero-order chi connectivity index (χ0) is 26.3. The van der Waals surface area contributed by atoms with Gasteiger partial charge in [-0.15, -0.1) is 0 Å². The standard InChI is InChI=1S/C34H19N5/c1-36-26-14-25(20-38-21-26)31-16-33-34(29-10-6-5-9-28(29)31)30-12-11-23(24-13-22(17-35)18-37-19-24)15-32(30)39(33)27-7-3-2-4-8-27/h2-16,18-21H. The molecule has 5 heteroatoms. The van der Waals surface area contributed by atoms with Crippen LogP contribution < -0.4 is 0 Å². The first-order chi connectivity index (χ1) is 19.2. The van der Waals surface area contributed by atoms with Crippen LogP contribution in [-0.4, -0.2) is 14.5 Å². The van der Waals surface area contributed by atoms with Gasteiger partial charge in [-0.25, -0.2) is 4.85 Å². The third-order valence-electron chi connectivity index (χ3n) is 7.15. The Morgan fingerprint density at radius 3 is 2.26 bits per heavy atom. The van der Waals surface area contributed by atoms with Gasteiger partial charge in [-0.05, 0) is 63.9 Å². The van der Waals surface area contributed by atoms with Crippen LogP contribution in [0.4, 0.5) is 5.69 Å². The van der Waals surface area contributed by atoms with Crippen LogP contribution in [0.5, 0.6) is 0 Å². The highest BCUT2D eigenvalue weighted by atomic mass is 15.0. The van der Waals surface area contributed by atoms with Crippen LogP contribution in [0.1, 0.15) is 5.56 Å². The predicted molar refractivity (Wildman–Crippen MR) is 156 cm³/mol. The third-order valence-corrected chi connectivity index (χ3v) is 7.15. The number of nitrogens with zero attached hydrogens (tertiary/aromatic N) is 5. The van der Waals surface area contributed by atoms with E-state index in [-0.39, 0.29) is 0 Å². The second-order valence-electron chi connectivity index (χ2n) is 9.38. The Hall–Kier alpha value is -5.78. The molecule has 0 N–H and O–H groups in total. The zero-order valence-electron chi connectivity index (χ0n) is 20.7. The average Bonchev–Trinajstić information content (AvgIpc) is 3.34. The van der Waals surface area contributed by atoms with Gasteiger partial charge in [0.1, 0.15) is 6.07 Å². The van der Waals surface area contributed by atoms with Crippen molar-refractivity contribution in [1.29, 1.82) is 5.26 Å². The Morgan fingerprint density at radius 1 is 0.667 bits per heavy atom. The summed E-state index contributed by atoms with van der Waals surface area (Å²) in [5.74, 6) is 0. The molecular formula is C34H19N5. The largest absolute Gasteiger partial charge is 0.309 e. The molecule has 0 saturated carbocycles. The number of aromatic nitrogens is 3. The fourth-order valence-corrected chi connectivity index (χ4v) is 5.45. The number of pyridine rings is 2. The first kappa shape index (κ1) is 22.4. The molecule has 180 valence electrons. The van der Waals surface area contributed by atoms with Gasteiger partial charge >= 0.3 is 0 Å². The quantitative estimate of drug-likeness (QED) is 0.230. The fourth-order valence-electron chi connectivity index (χ4n) is 5.45. The maximum Gasteiger partial charge on any atom is 0.205 e. The molecule has 0 radical (unpaired) electrons. The second kappa shape index (κ2) is 8.95. The minimum absolute atomic E-state index is 0.512. The molecule has 7 rings (SSSR count). The molecule has 39 heavy (non-hydrogen) atoms. The van der Waals surface area contributed by atoms with E-state index in [1.54, 1.807) is 18.6 Å². The maximum atomic E-state index is 9.41. The molecule has 0 spiro atoms. The van der Waals surface area contributed by atoms with E-state index in [0.29, 0.717) is 11.3 Å². The molecule has 0 aliphatic heterocycles. The molecule has 0 fully saturated rings. The topological polar surface area (TPSA) is 58.9 Å². The van der Waals surface area contributed by atoms with Crippen molar-refractivity contribution in [3.63, 3.8) is 0 Å². The van der Waals surface area contributed by atoms with Gasteiger partial charge < -0.3 is 4.57 Å². The molecule has 0 aliphatic carbocycles. The predicted octanol–water partition coefficient (Wildman–Crippen LogP) is 8.48. The summed E-state index contributed by atoms with van der Waals surface area (Å²) in [5, 5.41) is 14.0. The van der Waals surface area contributed by atoms with Gasteiger partial charge in [-0.3, -0.25) is 9.97 Å². The minimum atomic E-state index is 0.512. The van der Waals surface area contributed by atoms with Crippen molar-refractivity contribution in [2.24, 2.45) is 0 Å². The summed E-state index contributed by atoms with van der Waals surface area (Å²) < 4.78 is 2.29. The van der Waals surface area contributed by atoms with Crippen LogP contribution >= 0.6 is 0 Å². The normalized spacial score (nSPS) is 11.0. The Balaban J connectivity index is 1.63. The number of hydrogen-bond donors (Lipinski definition) is 0. The van der Waals surface area contributed by atoms with Gasteiger partial charge in [-0.2, -0.15) is 5.26 Å². The number of rotatable bonds is 3. The second-order valence-corrected chi connectivity index (χ2v) is 9.38. The SMILES string of the molecule is [C-]#[N+]c1cncc(-c2cc3c(c4ccccc24)c2ccc(-c4cncc(C#N)c4)cc2n3-c2ccccc2)c1. The van der Waals surface area contributed by atoms with Crippen LogP contribution in [0.25, 0.3) is 65.4 Å². The van der Waals surface area contributed by atoms with E-state index in [1.807, 2.05) is 42.6 Å². The highest BCUT2D eigenvalue weighted by Gasteiger charge is 2.19. The fraction of sp³-hybridized carbons (Fsp3) is 0. The molecule has 3 aromatic heterocycles. The molecular weight excluding hydrogens is 478 g/mol. The molecule has 0 bridgehead atoms. The minimum Gasteiger partial charge on any atom is -0.309 e. The van der Waals surface area contributed by atoms with Crippen molar-refractivity contribution in [1.82, 2.24) is 14.5 Å². The Bertz CT molecular complexity index is 2140. The maximum absolute atomic E-state index is 9.41. The van der Waals surface area contributed by atoms with Crippen LogP contribution in [0.3, 0.4) is 0 Å². The van der Waals surface area contributed by atoms with Crippen molar-refractivity contribution in [2.75, 3.05) is 0 Å². The number of benzene rings is 4. The lowest BCUT2D eigenvalue weighted by molar-refractivity contribution is 1.18. The van der Waals surface area contributed by atoms with Crippen molar-refractivity contribution in [3.05, 3.63) is 133 Å². The van der Waals surface area contributed by atoms with E-state index in [9.17, 15) is 5.26 Å². The van der Waals surface area contributed by atoms with Gasteiger partial charge in [0.15, 0.2) is 0 Å². The Labute approximate surface area is 224 Å². The van der Waals surface area contributed by atoms with Gasteiger partial charge in [0.05, 0.1) is 23.2 Å². The number of fused-ring (bicyclic) bond motifs is 5. The molecule has 0 aliphatic rings. The summed E-state index contributed by atoms with van der Waals surface area (Å²) in [5.41, 5.74) is 8.05. The van der Waals surface area contributed by atoms with E-state index in [4.69, 9.17) is 6.57 Å². The van der Waals surface area contributed by atoms with Gasteiger partial charge in [0.25, 0.3) is 0 Å². The van der Waals surface area contributed by atoms with E-state index in [0.717, 1.165) is 60.5 Å². The molecule has 0 atom stereocenters. The monoisotopic (exact) mass is 497 g/mol. The molecule has 3 heterocycles. The van der Waals surface area contributed by atoms with Crippen LogP contribution in [0, 0.1) is 17.9 Å². The highest BCUT2D eigenvalue weighted by molar-refractivity contribution is 6.24. The smallest absolute Gasteiger partial charge is 0.205 e. The van der Waals surface area contributed by atoms with Crippen LogP contribution in [0.15, 0.2) is 116 Å². The lowest BCUT2D eigenvalue weighted by Crippen LogP contribution is -1.94. The molecule has 0 unspecified atom stereocenters. The average molecular weight is 498 g/mol. The number of hydrogen-bond acceptors (Lipinski definition) is 3. The van der Waals surface area contributed by atoms with E-state index in [2.05, 4.69) is 80.0 Å². The van der Waals surface area contributed by atoms with Crippen LogP contribution in [-0.2, 0) is 0 Å². The lowest BCUT2D eigenvalue weighted by Gasteiger charge is -2.12. The Morgan fingerprint density at radius 2 is 1.44 bits per heavy atom.